The van der Waals surface area contributed by atoms with E-state index in [2.05, 4.69) is 28.9 Å². The fraction of sp³-hybridized carbons (Fsp3) is 0.647. The first-order valence-corrected chi connectivity index (χ1v) is 8.04. The number of methoxy groups -OCH3 is 1. The molecular weight excluding hydrogens is 262 g/mol. The number of aryl methyl sites for hydroxylation is 1. The van der Waals surface area contributed by atoms with Crippen LogP contribution in [0.15, 0.2) is 18.2 Å². The molecular formula is C17H27N3O. The average Bonchev–Trinajstić information content (AvgIpc) is 3.32. The zero-order valence-electron chi connectivity index (χ0n) is 13.2. The van der Waals surface area contributed by atoms with Crippen molar-refractivity contribution < 1.29 is 4.74 Å². The Kier molecular flexibility index (Phi) is 4.48. The van der Waals surface area contributed by atoms with Crippen LogP contribution >= 0.6 is 0 Å². The third-order valence-electron chi connectivity index (χ3n) is 4.71. The SMILES string of the molecule is COc1ccc(C)cc1C(N)CN1CCN(C2CC2)CC1. The molecule has 1 aliphatic carbocycles. The number of piperazine rings is 1. The molecule has 1 unspecified atom stereocenters. The van der Waals surface area contributed by atoms with E-state index in [4.69, 9.17) is 10.5 Å². The number of hydrogen-bond acceptors (Lipinski definition) is 4. The first kappa shape index (κ1) is 14.8. The van der Waals surface area contributed by atoms with Crippen molar-refractivity contribution in [2.75, 3.05) is 39.8 Å². The highest BCUT2D eigenvalue weighted by Gasteiger charge is 2.31. The first-order valence-electron chi connectivity index (χ1n) is 8.04. The molecule has 2 aliphatic rings. The molecule has 4 nitrogen and oxygen atoms in total. The number of nitrogens with zero attached hydrogens (tertiary/aromatic N) is 2. The Morgan fingerprint density at radius 3 is 2.57 bits per heavy atom. The smallest absolute Gasteiger partial charge is 0.123 e. The maximum atomic E-state index is 6.44. The summed E-state index contributed by atoms with van der Waals surface area (Å²) in [5.41, 5.74) is 8.81. The van der Waals surface area contributed by atoms with Crippen LogP contribution in [0.4, 0.5) is 0 Å². The van der Waals surface area contributed by atoms with Crippen LogP contribution in [0, 0.1) is 6.92 Å². The van der Waals surface area contributed by atoms with Gasteiger partial charge in [0.25, 0.3) is 0 Å². The lowest BCUT2D eigenvalue weighted by atomic mass is 10.0. The topological polar surface area (TPSA) is 41.7 Å². The normalized spacial score (nSPS) is 22.2. The fourth-order valence-corrected chi connectivity index (χ4v) is 3.27. The Labute approximate surface area is 127 Å². The Bertz CT molecular complexity index is 479. The zero-order chi connectivity index (χ0) is 14.8. The van der Waals surface area contributed by atoms with E-state index in [1.807, 2.05) is 6.07 Å². The lowest BCUT2D eigenvalue weighted by Crippen LogP contribution is -2.48. The van der Waals surface area contributed by atoms with Crippen LogP contribution in [0.25, 0.3) is 0 Å². The van der Waals surface area contributed by atoms with Crippen molar-refractivity contribution in [1.82, 2.24) is 9.80 Å². The van der Waals surface area contributed by atoms with E-state index >= 15 is 0 Å². The molecule has 4 heteroatoms. The molecule has 0 amide bonds. The third kappa shape index (κ3) is 3.57. The van der Waals surface area contributed by atoms with Crippen molar-refractivity contribution in [3.8, 4) is 5.75 Å². The van der Waals surface area contributed by atoms with Crippen LogP contribution in [0.3, 0.4) is 0 Å². The van der Waals surface area contributed by atoms with E-state index < -0.39 is 0 Å². The standard InChI is InChI=1S/C17H27N3O/c1-13-3-6-17(21-2)15(11-13)16(18)12-19-7-9-20(10-8-19)14-4-5-14/h3,6,11,14,16H,4-5,7-10,12,18H2,1-2H3. The summed E-state index contributed by atoms with van der Waals surface area (Å²) in [4.78, 5) is 5.13. The first-order chi connectivity index (χ1) is 10.2. The Morgan fingerprint density at radius 1 is 1.24 bits per heavy atom. The molecule has 1 aromatic carbocycles. The van der Waals surface area contributed by atoms with Crippen molar-refractivity contribution in [1.29, 1.82) is 0 Å². The van der Waals surface area contributed by atoms with Crippen molar-refractivity contribution >= 4 is 0 Å². The van der Waals surface area contributed by atoms with E-state index in [-0.39, 0.29) is 6.04 Å². The van der Waals surface area contributed by atoms with Gasteiger partial charge in [0.2, 0.25) is 0 Å². The molecule has 0 spiro atoms. The number of hydrogen-bond donors (Lipinski definition) is 1. The Balaban J connectivity index is 1.58. The molecule has 0 bridgehead atoms. The summed E-state index contributed by atoms with van der Waals surface area (Å²) >= 11 is 0. The van der Waals surface area contributed by atoms with E-state index in [9.17, 15) is 0 Å². The molecule has 0 radical (unpaired) electrons. The van der Waals surface area contributed by atoms with Crippen LogP contribution < -0.4 is 10.5 Å². The summed E-state index contributed by atoms with van der Waals surface area (Å²) in [5, 5.41) is 0. The monoisotopic (exact) mass is 289 g/mol. The summed E-state index contributed by atoms with van der Waals surface area (Å²) in [7, 11) is 1.72. The quantitative estimate of drug-likeness (QED) is 0.897. The average molecular weight is 289 g/mol. The molecule has 3 rings (SSSR count). The predicted molar refractivity (Wildman–Crippen MR) is 85.7 cm³/mol. The lowest BCUT2D eigenvalue weighted by molar-refractivity contribution is 0.121. The van der Waals surface area contributed by atoms with Crippen LogP contribution in [0.1, 0.15) is 30.0 Å². The second-order valence-electron chi connectivity index (χ2n) is 6.42. The van der Waals surface area contributed by atoms with Gasteiger partial charge in [0.05, 0.1) is 7.11 Å². The molecule has 1 saturated heterocycles. The molecule has 2 fully saturated rings. The van der Waals surface area contributed by atoms with Gasteiger partial charge in [0.1, 0.15) is 5.75 Å². The van der Waals surface area contributed by atoms with Crippen molar-refractivity contribution in [3.05, 3.63) is 29.3 Å². The summed E-state index contributed by atoms with van der Waals surface area (Å²) in [6, 6.07) is 7.16. The number of rotatable bonds is 5. The van der Waals surface area contributed by atoms with Crippen LogP contribution in [0.5, 0.6) is 5.75 Å². The summed E-state index contributed by atoms with van der Waals surface area (Å²) < 4.78 is 5.46. The van der Waals surface area contributed by atoms with Gasteiger partial charge in [0.15, 0.2) is 0 Å². The molecule has 1 aliphatic heterocycles. The maximum Gasteiger partial charge on any atom is 0.123 e. The van der Waals surface area contributed by atoms with E-state index in [1.165, 1.54) is 31.5 Å². The lowest BCUT2D eigenvalue weighted by Gasteiger charge is -2.36. The minimum absolute atomic E-state index is 0.0207. The van der Waals surface area contributed by atoms with Gasteiger partial charge in [0, 0.05) is 50.4 Å². The highest BCUT2D eigenvalue weighted by atomic mass is 16.5. The highest BCUT2D eigenvalue weighted by Crippen LogP contribution is 2.29. The number of ether oxygens (including phenoxy) is 1. The number of benzene rings is 1. The third-order valence-corrected chi connectivity index (χ3v) is 4.71. The molecule has 1 saturated carbocycles. The van der Waals surface area contributed by atoms with Gasteiger partial charge in [-0.3, -0.25) is 9.80 Å². The molecule has 0 aromatic heterocycles. The molecule has 1 heterocycles. The minimum atomic E-state index is 0.0207. The van der Waals surface area contributed by atoms with Crippen LogP contribution in [-0.2, 0) is 0 Å². The van der Waals surface area contributed by atoms with Gasteiger partial charge < -0.3 is 10.5 Å². The van der Waals surface area contributed by atoms with Gasteiger partial charge in [-0.1, -0.05) is 17.7 Å². The van der Waals surface area contributed by atoms with Gasteiger partial charge in [-0.2, -0.15) is 0 Å². The summed E-state index contributed by atoms with van der Waals surface area (Å²) in [6.45, 7) is 7.68. The van der Waals surface area contributed by atoms with Gasteiger partial charge in [-0.05, 0) is 25.8 Å². The molecule has 1 aromatic rings. The van der Waals surface area contributed by atoms with Gasteiger partial charge in [-0.15, -0.1) is 0 Å². The fourth-order valence-electron chi connectivity index (χ4n) is 3.27. The van der Waals surface area contributed by atoms with Crippen molar-refractivity contribution in [2.24, 2.45) is 5.73 Å². The molecule has 2 N–H and O–H groups in total. The second-order valence-corrected chi connectivity index (χ2v) is 6.42. The van der Waals surface area contributed by atoms with E-state index in [0.717, 1.165) is 37.0 Å². The maximum absolute atomic E-state index is 6.44. The van der Waals surface area contributed by atoms with Crippen molar-refractivity contribution in [2.45, 2.75) is 31.8 Å². The largest absolute Gasteiger partial charge is 0.496 e. The second kappa shape index (κ2) is 6.34. The predicted octanol–water partition coefficient (Wildman–Crippen LogP) is 1.78. The highest BCUT2D eigenvalue weighted by molar-refractivity contribution is 5.39. The van der Waals surface area contributed by atoms with Gasteiger partial charge in [-0.25, -0.2) is 0 Å². The van der Waals surface area contributed by atoms with E-state index in [1.54, 1.807) is 7.11 Å². The molecule has 1 atom stereocenters. The number of nitrogens with two attached hydrogens (primary N) is 1. The molecule has 116 valence electrons. The van der Waals surface area contributed by atoms with Crippen molar-refractivity contribution in [3.63, 3.8) is 0 Å². The molecule has 21 heavy (non-hydrogen) atoms. The zero-order valence-corrected chi connectivity index (χ0v) is 13.2. The van der Waals surface area contributed by atoms with Crippen LogP contribution in [0.2, 0.25) is 0 Å². The Morgan fingerprint density at radius 2 is 1.95 bits per heavy atom. The minimum Gasteiger partial charge on any atom is -0.496 e. The summed E-state index contributed by atoms with van der Waals surface area (Å²) in [6.07, 6.45) is 2.81. The van der Waals surface area contributed by atoms with Gasteiger partial charge >= 0.3 is 0 Å². The van der Waals surface area contributed by atoms with Crippen LogP contribution in [-0.4, -0.2) is 55.7 Å². The Hall–Kier alpha value is -1.10. The summed E-state index contributed by atoms with van der Waals surface area (Å²) in [5.74, 6) is 0.907. The van der Waals surface area contributed by atoms with E-state index in [0.29, 0.717) is 0 Å².